The van der Waals surface area contributed by atoms with E-state index in [-0.39, 0.29) is 17.1 Å². The van der Waals surface area contributed by atoms with E-state index < -0.39 is 17.2 Å². The van der Waals surface area contributed by atoms with Crippen molar-refractivity contribution in [1.29, 1.82) is 0 Å². The lowest BCUT2D eigenvalue weighted by atomic mass is 10.1. The van der Waals surface area contributed by atoms with Crippen LogP contribution in [0, 0.1) is 11.6 Å². The van der Waals surface area contributed by atoms with Crippen molar-refractivity contribution in [2.75, 3.05) is 12.3 Å². The first kappa shape index (κ1) is 14.4. The molecule has 2 aromatic rings. The Morgan fingerprint density at radius 2 is 1.95 bits per heavy atom. The molecule has 0 saturated carbocycles. The number of hydrogen-bond donors (Lipinski definition) is 1. The molecule has 108 valence electrons. The number of rotatable bonds is 4. The molecule has 5 nitrogen and oxygen atoms in total. The molecule has 0 unspecified atom stereocenters. The minimum absolute atomic E-state index is 0.0178. The van der Waals surface area contributed by atoms with Crippen molar-refractivity contribution in [2.45, 2.75) is 26.4 Å². The van der Waals surface area contributed by atoms with Gasteiger partial charge in [-0.1, -0.05) is 5.16 Å². The smallest absolute Gasteiger partial charge is 0.260 e. The molecule has 0 radical (unpaired) electrons. The van der Waals surface area contributed by atoms with Gasteiger partial charge in [0.1, 0.15) is 5.60 Å². The molecule has 0 fully saturated rings. The van der Waals surface area contributed by atoms with Gasteiger partial charge in [0.25, 0.3) is 5.89 Å². The molecule has 0 amide bonds. The molecule has 7 heteroatoms. The highest BCUT2D eigenvalue weighted by atomic mass is 19.2. The molecule has 0 atom stereocenters. The molecule has 20 heavy (non-hydrogen) atoms. The van der Waals surface area contributed by atoms with E-state index in [9.17, 15) is 8.78 Å². The van der Waals surface area contributed by atoms with Crippen LogP contribution < -0.4 is 5.73 Å². The normalized spacial score (nSPS) is 11.8. The molecule has 2 rings (SSSR count). The van der Waals surface area contributed by atoms with E-state index >= 15 is 0 Å². The van der Waals surface area contributed by atoms with E-state index in [1.807, 2.05) is 6.92 Å². The van der Waals surface area contributed by atoms with Gasteiger partial charge in [0.2, 0.25) is 5.82 Å². The van der Waals surface area contributed by atoms with Crippen LogP contribution in [0.5, 0.6) is 0 Å². The van der Waals surface area contributed by atoms with Crippen molar-refractivity contribution in [2.24, 2.45) is 0 Å². The highest BCUT2D eigenvalue weighted by Crippen LogP contribution is 2.29. The summed E-state index contributed by atoms with van der Waals surface area (Å²) in [6.07, 6.45) is 0. The number of ether oxygens (including phenoxy) is 1. The maximum absolute atomic E-state index is 13.3. The largest absolute Gasteiger partial charge is 0.398 e. The van der Waals surface area contributed by atoms with Crippen molar-refractivity contribution in [1.82, 2.24) is 10.1 Å². The van der Waals surface area contributed by atoms with E-state index in [2.05, 4.69) is 10.1 Å². The molecular weight excluding hydrogens is 268 g/mol. The highest BCUT2D eigenvalue weighted by Gasteiger charge is 2.28. The van der Waals surface area contributed by atoms with Crippen molar-refractivity contribution < 1.29 is 18.0 Å². The number of nitrogen functional groups attached to an aromatic ring is 1. The van der Waals surface area contributed by atoms with Crippen LogP contribution in [-0.4, -0.2) is 16.7 Å². The summed E-state index contributed by atoms with van der Waals surface area (Å²) in [5.74, 6) is -1.73. The predicted octanol–water partition coefficient (Wildman–Crippen LogP) is 2.87. The van der Waals surface area contributed by atoms with Crippen LogP contribution in [0.4, 0.5) is 14.5 Å². The van der Waals surface area contributed by atoms with E-state index in [4.69, 9.17) is 15.0 Å². The van der Waals surface area contributed by atoms with E-state index in [0.717, 1.165) is 12.1 Å². The fourth-order valence-corrected chi connectivity index (χ4v) is 1.75. The van der Waals surface area contributed by atoms with Gasteiger partial charge in [0.05, 0.1) is 5.56 Å². The van der Waals surface area contributed by atoms with Crippen LogP contribution >= 0.6 is 0 Å². The van der Waals surface area contributed by atoms with Gasteiger partial charge in [0.15, 0.2) is 11.6 Å². The zero-order valence-corrected chi connectivity index (χ0v) is 11.4. The fourth-order valence-electron chi connectivity index (χ4n) is 1.75. The predicted molar refractivity (Wildman–Crippen MR) is 68.7 cm³/mol. The lowest BCUT2D eigenvalue weighted by Gasteiger charge is -2.19. The van der Waals surface area contributed by atoms with Gasteiger partial charge in [-0.3, -0.25) is 0 Å². The number of nitrogens with two attached hydrogens (primary N) is 1. The highest BCUT2D eigenvalue weighted by molar-refractivity contribution is 5.70. The number of nitrogens with zero attached hydrogens (tertiary/aromatic N) is 2. The van der Waals surface area contributed by atoms with Crippen molar-refractivity contribution in [3.8, 4) is 11.5 Å². The Labute approximate surface area is 114 Å². The summed E-state index contributed by atoms with van der Waals surface area (Å²) >= 11 is 0. The zero-order valence-electron chi connectivity index (χ0n) is 11.4. The van der Waals surface area contributed by atoms with Gasteiger partial charge in [-0.2, -0.15) is 4.98 Å². The maximum Gasteiger partial charge on any atom is 0.260 e. The molecule has 2 N–H and O–H groups in total. The molecule has 1 aromatic heterocycles. The third-order valence-electron chi connectivity index (χ3n) is 2.79. The molecule has 0 aliphatic carbocycles. The Bertz CT molecular complexity index is 626. The quantitative estimate of drug-likeness (QED) is 0.873. The third-order valence-corrected chi connectivity index (χ3v) is 2.79. The van der Waals surface area contributed by atoms with E-state index in [0.29, 0.717) is 12.4 Å². The van der Waals surface area contributed by atoms with Crippen LogP contribution in [-0.2, 0) is 10.3 Å². The number of hydrogen-bond acceptors (Lipinski definition) is 5. The summed E-state index contributed by atoms with van der Waals surface area (Å²) in [7, 11) is 0. The summed E-state index contributed by atoms with van der Waals surface area (Å²) in [6.45, 7) is 5.87. The summed E-state index contributed by atoms with van der Waals surface area (Å²) < 4.78 is 36.8. The monoisotopic (exact) mass is 283 g/mol. The van der Waals surface area contributed by atoms with Gasteiger partial charge < -0.3 is 15.0 Å². The Kier molecular flexibility index (Phi) is 3.71. The Hall–Kier alpha value is -2.02. The standard InChI is InChI=1S/C13H15F2N3O2/c1-4-19-13(2,3)12-17-11(20-18-12)7-5-8(14)9(15)6-10(7)16/h5-6H,4,16H2,1-3H3. The minimum atomic E-state index is -1.03. The lowest BCUT2D eigenvalue weighted by Crippen LogP contribution is -2.23. The number of benzene rings is 1. The molecule has 0 bridgehead atoms. The molecule has 1 aromatic carbocycles. The van der Waals surface area contributed by atoms with Crippen molar-refractivity contribution >= 4 is 5.69 Å². The van der Waals surface area contributed by atoms with Gasteiger partial charge >= 0.3 is 0 Å². The van der Waals surface area contributed by atoms with Crippen LogP contribution in [0.1, 0.15) is 26.6 Å². The van der Waals surface area contributed by atoms with Gasteiger partial charge in [-0.15, -0.1) is 0 Å². The summed E-state index contributed by atoms with van der Waals surface area (Å²) in [5, 5.41) is 3.79. The SMILES string of the molecule is CCOC(C)(C)c1noc(-c2cc(F)c(F)cc2N)n1. The van der Waals surface area contributed by atoms with Gasteiger partial charge in [-0.05, 0) is 26.8 Å². The average molecular weight is 283 g/mol. The van der Waals surface area contributed by atoms with Crippen LogP contribution in [0.3, 0.4) is 0 Å². The van der Waals surface area contributed by atoms with Crippen LogP contribution in [0.15, 0.2) is 16.7 Å². The third kappa shape index (κ3) is 2.62. The minimum Gasteiger partial charge on any atom is -0.398 e. The summed E-state index contributed by atoms with van der Waals surface area (Å²) in [6, 6.07) is 1.80. The molecular formula is C13H15F2N3O2. The van der Waals surface area contributed by atoms with Gasteiger partial charge in [-0.25, -0.2) is 8.78 Å². The first-order valence-electron chi connectivity index (χ1n) is 6.08. The summed E-state index contributed by atoms with van der Waals surface area (Å²) in [5.41, 5.74) is 5.06. The van der Waals surface area contributed by atoms with Crippen LogP contribution in [0.2, 0.25) is 0 Å². The molecule has 0 saturated heterocycles. The van der Waals surface area contributed by atoms with Crippen molar-refractivity contribution in [3.05, 3.63) is 29.6 Å². The Morgan fingerprint density at radius 1 is 1.30 bits per heavy atom. The first-order chi connectivity index (χ1) is 9.35. The molecule has 0 aliphatic heterocycles. The molecule has 0 spiro atoms. The maximum atomic E-state index is 13.3. The fraction of sp³-hybridized carbons (Fsp3) is 0.385. The topological polar surface area (TPSA) is 74.2 Å². The van der Waals surface area contributed by atoms with Crippen LogP contribution in [0.25, 0.3) is 11.5 Å². The van der Waals surface area contributed by atoms with E-state index in [1.54, 1.807) is 13.8 Å². The lowest BCUT2D eigenvalue weighted by molar-refractivity contribution is -0.0221. The number of anilines is 1. The van der Waals surface area contributed by atoms with Crippen molar-refractivity contribution in [3.63, 3.8) is 0 Å². The number of halogens is 2. The number of aromatic nitrogens is 2. The second-order valence-electron chi connectivity index (χ2n) is 4.72. The Morgan fingerprint density at radius 3 is 2.60 bits per heavy atom. The Balaban J connectivity index is 2.41. The zero-order chi connectivity index (χ0) is 14.9. The first-order valence-corrected chi connectivity index (χ1v) is 6.08. The van der Waals surface area contributed by atoms with E-state index in [1.165, 1.54) is 0 Å². The molecule has 1 heterocycles. The second kappa shape index (κ2) is 5.16. The second-order valence-corrected chi connectivity index (χ2v) is 4.72. The van der Waals surface area contributed by atoms with Gasteiger partial charge in [0, 0.05) is 18.4 Å². The average Bonchev–Trinajstić information content (AvgIpc) is 2.84. The molecule has 0 aliphatic rings. The summed E-state index contributed by atoms with van der Waals surface area (Å²) in [4.78, 5) is 4.13.